The van der Waals surface area contributed by atoms with E-state index in [1.165, 1.54) is 27.1 Å². The van der Waals surface area contributed by atoms with Gasteiger partial charge in [0, 0.05) is 0 Å². The molecule has 0 atom stereocenters. The summed E-state index contributed by atoms with van der Waals surface area (Å²) < 4.78 is 10.0. The van der Waals surface area contributed by atoms with Gasteiger partial charge in [-0.15, -0.1) is 0 Å². The third-order valence-corrected chi connectivity index (χ3v) is 5.24. The molecule has 114 valence electrons. The lowest BCUT2D eigenvalue weighted by Crippen LogP contribution is -2.47. The van der Waals surface area contributed by atoms with Crippen molar-refractivity contribution in [3.8, 4) is 0 Å². The molecule has 0 N–H and O–H groups in total. The third kappa shape index (κ3) is 2.70. The van der Waals surface area contributed by atoms with Crippen molar-refractivity contribution < 1.29 is 19.1 Å². The Balaban J connectivity index is 2.30. The molecule has 2 rings (SSSR count). The molecule has 0 aromatic heterocycles. The van der Waals surface area contributed by atoms with Gasteiger partial charge in [-0.2, -0.15) is 0 Å². The van der Waals surface area contributed by atoms with Crippen LogP contribution in [0.15, 0.2) is 0 Å². The summed E-state index contributed by atoms with van der Waals surface area (Å²) in [6.45, 7) is 0. The number of esters is 2. The van der Waals surface area contributed by atoms with E-state index in [9.17, 15) is 9.59 Å². The maximum atomic E-state index is 12.5. The zero-order chi connectivity index (χ0) is 14.6. The number of hydrogen-bond acceptors (Lipinski definition) is 4. The van der Waals surface area contributed by atoms with E-state index >= 15 is 0 Å². The van der Waals surface area contributed by atoms with Gasteiger partial charge >= 0.3 is 11.9 Å². The van der Waals surface area contributed by atoms with E-state index in [0.717, 1.165) is 38.5 Å². The number of hydrogen-bond donors (Lipinski definition) is 0. The molecule has 0 unspecified atom stereocenters. The highest BCUT2D eigenvalue weighted by Gasteiger charge is 2.55. The first-order valence-corrected chi connectivity index (χ1v) is 7.82. The van der Waals surface area contributed by atoms with Crippen LogP contribution >= 0.6 is 0 Å². The zero-order valence-electron chi connectivity index (χ0n) is 12.7. The first-order chi connectivity index (χ1) is 9.65. The number of rotatable bonds is 5. The monoisotopic (exact) mass is 282 g/mol. The van der Waals surface area contributed by atoms with Crippen molar-refractivity contribution in [1.29, 1.82) is 0 Å². The van der Waals surface area contributed by atoms with Crippen LogP contribution in [0.4, 0.5) is 0 Å². The summed E-state index contributed by atoms with van der Waals surface area (Å²) in [4.78, 5) is 25.0. The van der Waals surface area contributed by atoms with Gasteiger partial charge in [0.05, 0.1) is 14.2 Å². The number of carbonyl (C=O) groups is 2. The Labute approximate surface area is 121 Å². The van der Waals surface area contributed by atoms with Crippen molar-refractivity contribution in [2.75, 3.05) is 14.2 Å². The summed E-state index contributed by atoms with van der Waals surface area (Å²) in [7, 11) is 2.76. The Morgan fingerprint density at radius 1 is 0.900 bits per heavy atom. The van der Waals surface area contributed by atoms with E-state index in [0.29, 0.717) is 12.3 Å². The fourth-order valence-corrected chi connectivity index (χ4v) is 4.20. The summed E-state index contributed by atoms with van der Waals surface area (Å²) in [5, 5.41) is 0. The normalized spacial score (nSPS) is 21.1. The molecule has 0 aromatic rings. The molecule has 0 heterocycles. The third-order valence-electron chi connectivity index (χ3n) is 5.24. The summed E-state index contributed by atoms with van der Waals surface area (Å²) in [6, 6.07) is 0. The first kappa shape index (κ1) is 15.3. The lowest BCUT2D eigenvalue weighted by atomic mass is 9.68. The Kier molecular flexibility index (Phi) is 5.06. The predicted molar refractivity (Wildman–Crippen MR) is 75.0 cm³/mol. The highest BCUT2D eigenvalue weighted by molar-refractivity contribution is 6.00. The van der Waals surface area contributed by atoms with E-state index in [4.69, 9.17) is 9.47 Å². The van der Waals surface area contributed by atoms with Crippen LogP contribution in [-0.2, 0) is 19.1 Å². The predicted octanol–water partition coefficient (Wildman–Crippen LogP) is 3.09. The van der Waals surface area contributed by atoms with Gasteiger partial charge in [0.15, 0.2) is 5.41 Å². The van der Waals surface area contributed by atoms with Crippen LogP contribution < -0.4 is 0 Å². The van der Waals surface area contributed by atoms with Crippen molar-refractivity contribution >= 4 is 11.9 Å². The summed E-state index contributed by atoms with van der Waals surface area (Å²) in [5.41, 5.74) is -1.06. The van der Waals surface area contributed by atoms with Crippen molar-refractivity contribution in [2.45, 2.75) is 57.8 Å². The van der Waals surface area contributed by atoms with Gasteiger partial charge in [-0.1, -0.05) is 38.5 Å². The lowest BCUT2D eigenvalue weighted by molar-refractivity contribution is -0.175. The van der Waals surface area contributed by atoms with Gasteiger partial charge in [-0.25, -0.2) is 0 Å². The SMILES string of the molecule is COC(=O)C(CC1CCCC1)(C(=O)OC)C1CCCC1. The Morgan fingerprint density at radius 3 is 1.80 bits per heavy atom. The molecule has 0 radical (unpaired) electrons. The summed E-state index contributed by atoms with van der Waals surface area (Å²) in [5.74, 6) is -0.233. The van der Waals surface area contributed by atoms with E-state index in [1.54, 1.807) is 0 Å². The molecule has 0 saturated heterocycles. The summed E-state index contributed by atoms with van der Waals surface area (Å²) >= 11 is 0. The Hall–Kier alpha value is -1.06. The number of ether oxygens (including phenoxy) is 2. The average molecular weight is 282 g/mol. The molecule has 4 heteroatoms. The van der Waals surface area contributed by atoms with Gasteiger partial charge in [0.2, 0.25) is 0 Å². The smallest absolute Gasteiger partial charge is 0.323 e. The molecular formula is C16H26O4. The minimum atomic E-state index is -1.06. The number of methoxy groups -OCH3 is 2. The molecule has 0 amide bonds. The van der Waals surface area contributed by atoms with Crippen LogP contribution in [0.1, 0.15) is 57.8 Å². The largest absolute Gasteiger partial charge is 0.468 e. The molecular weight excluding hydrogens is 256 g/mol. The standard InChI is InChI=1S/C16H26O4/c1-19-14(17)16(15(18)20-2,13-9-5-6-10-13)11-12-7-3-4-8-12/h12-13H,3-11H2,1-2H3. The van der Waals surface area contributed by atoms with Gasteiger partial charge in [-0.05, 0) is 31.1 Å². The molecule has 2 fully saturated rings. The van der Waals surface area contributed by atoms with E-state index in [-0.39, 0.29) is 17.9 Å². The van der Waals surface area contributed by atoms with E-state index in [1.807, 2.05) is 0 Å². The quantitative estimate of drug-likeness (QED) is 0.574. The highest BCUT2D eigenvalue weighted by Crippen LogP contribution is 2.48. The van der Waals surface area contributed by atoms with Crippen LogP contribution in [0.5, 0.6) is 0 Å². The lowest BCUT2D eigenvalue weighted by Gasteiger charge is -2.35. The average Bonchev–Trinajstić information content (AvgIpc) is 3.15. The Morgan fingerprint density at radius 2 is 1.35 bits per heavy atom. The van der Waals surface area contributed by atoms with Crippen LogP contribution in [0.3, 0.4) is 0 Å². The van der Waals surface area contributed by atoms with E-state index in [2.05, 4.69) is 0 Å². The topological polar surface area (TPSA) is 52.6 Å². The van der Waals surface area contributed by atoms with Gasteiger partial charge in [0.25, 0.3) is 0 Å². The molecule has 20 heavy (non-hydrogen) atoms. The second kappa shape index (κ2) is 6.59. The number of carbonyl (C=O) groups excluding carboxylic acids is 2. The van der Waals surface area contributed by atoms with E-state index < -0.39 is 5.41 Å². The minimum Gasteiger partial charge on any atom is -0.468 e. The molecule has 0 aliphatic heterocycles. The maximum absolute atomic E-state index is 12.5. The molecule has 0 bridgehead atoms. The van der Waals surface area contributed by atoms with Crippen LogP contribution in [0.25, 0.3) is 0 Å². The van der Waals surface area contributed by atoms with Crippen molar-refractivity contribution in [3.63, 3.8) is 0 Å². The Bertz CT molecular complexity index is 335. The zero-order valence-corrected chi connectivity index (χ0v) is 12.7. The minimum absolute atomic E-state index is 0.0861. The molecule has 2 aliphatic carbocycles. The fourth-order valence-electron chi connectivity index (χ4n) is 4.20. The second-order valence-corrected chi connectivity index (χ2v) is 6.29. The molecule has 4 nitrogen and oxygen atoms in total. The highest BCUT2D eigenvalue weighted by atomic mass is 16.5. The molecule has 0 spiro atoms. The van der Waals surface area contributed by atoms with Crippen molar-refractivity contribution in [3.05, 3.63) is 0 Å². The first-order valence-electron chi connectivity index (χ1n) is 7.82. The second-order valence-electron chi connectivity index (χ2n) is 6.29. The fraction of sp³-hybridized carbons (Fsp3) is 0.875. The van der Waals surface area contributed by atoms with Crippen LogP contribution in [0.2, 0.25) is 0 Å². The van der Waals surface area contributed by atoms with Gasteiger partial charge in [-0.3, -0.25) is 9.59 Å². The molecule has 2 aliphatic rings. The van der Waals surface area contributed by atoms with Crippen LogP contribution in [-0.4, -0.2) is 26.2 Å². The van der Waals surface area contributed by atoms with Crippen molar-refractivity contribution in [2.24, 2.45) is 17.3 Å². The molecule has 0 aromatic carbocycles. The molecule has 2 saturated carbocycles. The van der Waals surface area contributed by atoms with Gasteiger partial charge in [0.1, 0.15) is 0 Å². The van der Waals surface area contributed by atoms with Gasteiger partial charge < -0.3 is 9.47 Å². The maximum Gasteiger partial charge on any atom is 0.323 e. The van der Waals surface area contributed by atoms with Crippen LogP contribution in [0, 0.1) is 17.3 Å². The summed E-state index contributed by atoms with van der Waals surface area (Å²) in [6.07, 6.45) is 9.27. The van der Waals surface area contributed by atoms with Crippen molar-refractivity contribution in [1.82, 2.24) is 0 Å².